The molecule has 0 fully saturated rings. The molecule has 0 heterocycles. The van der Waals surface area contributed by atoms with Gasteiger partial charge in [0, 0.05) is 17.9 Å². The third-order valence-electron chi connectivity index (χ3n) is 2.50. The molecule has 0 aromatic heterocycles. The van der Waals surface area contributed by atoms with E-state index < -0.39 is 22.4 Å². The Labute approximate surface area is 112 Å². The van der Waals surface area contributed by atoms with Gasteiger partial charge in [0.25, 0.3) is 5.69 Å². The van der Waals surface area contributed by atoms with Crippen LogP contribution in [0.4, 0.5) is 24.5 Å². The number of nitro groups is 1. The Balaban J connectivity index is 3.02. The summed E-state index contributed by atoms with van der Waals surface area (Å²) < 4.78 is 37.5. The van der Waals surface area contributed by atoms with Gasteiger partial charge in [0.1, 0.15) is 5.69 Å². The lowest BCUT2D eigenvalue weighted by atomic mass is 10.1. The van der Waals surface area contributed by atoms with Crippen LogP contribution in [0.25, 0.3) is 0 Å². The number of alkyl halides is 3. The summed E-state index contributed by atoms with van der Waals surface area (Å²) >= 11 is 1.55. The van der Waals surface area contributed by atoms with Crippen molar-refractivity contribution in [3.63, 3.8) is 0 Å². The Hall–Kier alpha value is -1.44. The number of rotatable bonds is 5. The molecule has 106 valence electrons. The molecule has 0 saturated carbocycles. The van der Waals surface area contributed by atoms with Gasteiger partial charge in [0.05, 0.1) is 10.5 Å². The van der Waals surface area contributed by atoms with E-state index in [1.807, 2.05) is 13.2 Å². The van der Waals surface area contributed by atoms with Gasteiger partial charge in [-0.05, 0) is 18.4 Å². The first-order valence-corrected chi connectivity index (χ1v) is 6.66. The molecule has 0 radical (unpaired) electrons. The van der Waals surface area contributed by atoms with Gasteiger partial charge in [-0.1, -0.05) is 6.92 Å². The van der Waals surface area contributed by atoms with Gasteiger partial charge in [-0.15, -0.1) is 0 Å². The molecule has 0 saturated heterocycles. The van der Waals surface area contributed by atoms with E-state index in [0.29, 0.717) is 12.6 Å². The number of halogens is 3. The topological polar surface area (TPSA) is 55.2 Å². The third kappa shape index (κ3) is 4.30. The number of thioether (sulfide) groups is 1. The first-order valence-electron chi connectivity index (χ1n) is 5.38. The maximum absolute atomic E-state index is 12.5. The molecule has 0 spiro atoms. The minimum Gasteiger partial charge on any atom is -0.378 e. The smallest absolute Gasteiger partial charge is 0.378 e. The second-order valence-electron chi connectivity index (χ2n) is 3.91. The molecular weight excluding hydrogens is 281 g/mol. The highest BCUT2D eigenvalue weighted by Crippen LogP contribution is 2.34. The number of hydrogen-bond donors (Lipinski definition) is 1. The van der Waals surface area contributed by atoms with Gasteiger partial charge < -0.3 is 5.32 Å². The molecule has 4 nitrogen and oxygen atoms in total. The van der Waals surface area contributed by atoms with Crippen LogP contribution in [0.1, 0.15) is 12.5 Å². The molecule has 1 N–H and O–H groups in total. The second-order valence-corrected chi connectivity index (χ2v) is 5.19. The monoisotopic (exact) mass is 294 g/mol. The molecule has 0 aliphatic heterocycles. The maximum Gasteiger partial charge on any atom is 0.416 e. The zero-order valence-corrected chi connectivity index (χ0v) is 11.1. The van der Waals surface area contributed by atoms with Gasteiger partial charge in [0.15, 0.2) is 0 Å². The summed E-state index contributed by atoms with van der Waals surface area (Å²) in [5.74, 6) is 0. The van der Waals surface area contributed by atoms with Crippen molar-refractivity contribution in [3.8, 4) is 0 Å². The summed E-state index contributed by atoms with van der Waals surface area (Å²) in [6.07, 6.45) is -2.70. The Morgan fingerprint density at radius 1 is 1.47 bits per heavy atom. The van der Waals surface area contributed by atoms with Crippen LogP contribution in [0, 0.1) is 10.1 Å². The fourth-order valence-electron chi connectivity index (χ4n) is 1.35. The van der Waals surface area contributed by atoms with Crippen LogP contribution in [0.3, 0.4) is 0 Å². The largest absolute Gasteiger partial charge is 0.416 e. The summed E-state index contributed by atoms with van der Waals surface area (Å²) in [7, 11) is 0. The van der Waals surface area contributed by atoms with Crippen LogP contribution in [0.5, 0.6) is 0 Å². The Morgan fingerprint density at radius 2 is 2.11 bits per heavy atom. The summed E-state index contributed by atoms with van der Waals surface area (Å²) in [4.78, 5) is 9.99. The highest BCUT2D eigenvalue weighted by molar-refractivity contribution is 7.99. The number of nitrogens with one attached hydrogen (secondary N) is 1. The minimum absolute atomic E-state index is 0.0962. The Morgan fingerprint density at radius 3 is 2.58 bits per heavy atom. The molecule has 0 aliphatic carbocycles. The lowest BCUT2D eigenvalue weighted by Crippen LogP contribution is -2.14. The van der Waals surface area contributed by atoms with Gasteiger partial charge in [0.2, 0.25) is 0 Å². The maximum atomic E-state index is 12.5. The van der Waals surface area contributed by atoms with Crippen molar-refractivity contribution < 1.29 is 18.1 Å². The minimum atomic E-state index is -4.59. The van der Waals surface area contributed by atoms with Crippen LogP contribution in [-0.2, 0) is 6.18 Å². The number of anilines is 1. The second kappa shape index (κ2) is 6.14. The van der Waals surface area contributed by atoms with E-state index in [1.54, 1.807) is 11.8 Å². The van der Waals surface area contributed by atoms with E-state index in [-0.39, 0.29) is 10.9 Å². The van der Waals surface area contributed by atoms with Crippen LogP contribution in [0.2, 0.25) is 0 Å². The molecule has 1 atom stereocenters. The van der Waals surface area contributed by atoms with Gasteiger partial charge in [-0.25, -0.2) is 0 Å². The molecule has 0 amide bonds. The van der Waals surface area contributed by atoms with Crippen LogP contribution in [-0.4, -0.2) is 23.0 Å². The van der Waals surface area contributed by atoms with Gasteiger partial charge in [-0.3, -0.25) is 10.1 Å². The summed E-state index contributed by atoms with van der Waals surface area (Å²) in [6.45, 7) is 2.35. The van der Waals surface area contributed by atoms with Crippen LogP contribution < -0.4 is 5.32 Å². The van der Waals surface area contributed by atoms with Crippen molar-refractivity contribution in [1.82, 2.24) is 0 Å². The quantitative estimate of drug-likeness (QED) is 0.663. The van der Waals surface area contributed by atoms with E-state index in [9.17, 15) is 23.3 Å². The van der Waals surface area contributed by atoms with E-state index >= 15 is 0 Å². The molecule has 0 bridgehead atoms. The van der Waals surface area contributed by atoms with Gasteiger partial charge >= 0.3 is 6.18 Å². The van der Waals surface area contributed by atoms with Gasteiger partial charge in [-0.2, -0.15) is 24.9 Å². The van der Waals surface area contributed by atoms with Crippen LogP contribution in [0.15, 0.2) is 18.2 Å². The lowest BCUT2D eigenvalue weighted by molar-refractivity contribution is -0.384. The summed E-state index contributed by atoms with van der Waals surface area (Å²) in [6, 6.07) is 2.47. The fourth-order valence-corrected chi connectivity index (χ4v) is 1.60. The SMILES string of the molecule is CSC(C)CNc1ccc(C(F)(F)F)cc1[N+](=O)[O-]. The number of nitrogens with zero attached hydrogens (tertiary/aromatic N) is 1. The van der Waals surface area contributed by atoms with E-state index in [0.717, 1.165) is 12.1 Å². The van der Waals surface area contributed by atoms with Crippen molar-refractivity contribution in [2.75, 3.05) is 18.1 Å². The fraction of sp³-hybridized carbons (Fsp3) is 0.455. The normalized spacial score (nSPS) is 13.1. The van der Waals surface area contributed by atoms with Crippen molar-refractivity contribution in [3.05, 3.63) is 33.9 Å². The predicted octanol–water partition coefficient (Wildman–Crippen LogP) is 3.78. The first kappa shape index (κ1) is 15.6. The molecule has 1 unspecified atom stereocenters. The average molecular weight is 294 g/mol. The van der Waals surface area contributed by atoms with Crippen molar-refractivity contribution in [2.45, 2.75) is 18.3 Å². The summed E-state index contributed by atoms with van der Waals surface area (Å²) in [5, 5.41) is 13.8. The molecule has 0 aliphatic rings. The highest BCUT2D eigenvalue weighted by Gasteiger charge is 2.33. The van der Waals surface area contributed by atoms with E-state index in [4.69, 9.17) is 0 Å². The lowest BCUT2D eigenvalue weighted by Gasteiger charge is -2.13. The zero-order valence-electron chi connectivity index (χ0n) is 10.3. The Kier molecular flexibility index (Phi) is 5.04. The highest BCUT2D eigenvalue weighted by atomic mass is 32.2. The number of benzene rings is 1. The third-order valence-corrected chi connectivity index (χ3v) is 3.48. The van der Waals surface area contributed by atoms with E-state index in [1.165, 1.54) is 0 Å². The average Bonchev–Trinajstić information content (AvgIpc) is 2.34. The summed E-state index contributed by atoms with van der Waals surface area (Å²) in [5.41, 5.74) is -1.50. The zero-order chi connectivity index (χ0) is 14.6. The molecule has 1 aromatic carbocycles. The predicted molar refractivity (Wildman–Crippen MR) is 69.6 cm³/mol. The molecule has 8 heteroatoms. The molecule has 1 aromatic rings. The Bertz CT molecular complexity index is 466. The molecule has 19 heavy (non-hydrogen) atoms. The first-order chi connectivity index (χ1) is 8.75. The van der Waals surface area contributed by atoms with Crippen molar-refractivity contribution in [2.24, 2.45) is 0 Å². The number of nitro benzene ring substituents is 1. The molecule has 1 rings (SSSR count). The van der Waals surface area contributed by atoms with Crippen molar-refractivity contribution in [1.29, 1.82) is 0 Å². The standard InChI is InChI=1S/C11H13F3N2O2S/c1-7(19-2)6-15-9-4-3-8(11(12,13)14)5-10(9)16(17)18/h3-5,7,15H,6H2,1-2H3. The molecular formula is C11H13F3N2O2S. The van der Waals surface area contributed by atoms with E-state index in [2.05, 4.69) is 5.32 Å². The van der Waals surface area contributed by atoms with Crippen molar-refractivity contribution >= 4 is 23.1 Å². The number of hydrogen-bond acceptors (Lipinski definition) is 4. The van der Waals surface area contributed by atoms with Crippen LogP contribution >= 0.6 is 11.8 Å².